The summed E-state index contributed by atoms with van der Waals surface area (Å²) < 4.78 is 39.2. The SMILES string of the molecule is C[C@@H]1C(N)=C(N(N)c2cnccn2)CCN1C(=O)c1nccc(C(F)(F)F)c1Cl. The third kappa shape index (κ3) is 3.96. The van der Waals surface area contributed by atoms with Gasteiger partial charge < -0.3 is 10.6 Å². The summed E-state index contributed by atoms with van der Waals surface area (Å²) in [6.45, 7) is 1.79. The number of hydrogen-bond donors (Lipinski definition) is 2. The highest BCUT2D eigenvalue weighted by atomic mass is 35.5. The number of pyridine rings is 1. The average molecular weight is 428 g/mol. The molecule has 0 saturated heterocycles. The number of amides is 1. The molecule has 0 radical (unpaired) electrons. The van der Waals surface area contributed by atoms with Crippen LogP contribution in [0.25, 0.3) is 0 Å². The van der Waals surface area contributed by atoms with Crippen LogP contribution in [0.2, 0.25) is 5.02 Å². The van der Waals surface area contributed by atoms with Crippen molar-refractivity contribution < 1.29 is 18.0 Å². The van der Waals surface area contributed by atoms with Crippen molar-refractivity contribution >= 4 is 23.3 Å². The van der Waals surface area contributed by atoms with Gasteiger partial charge in [-0.2, -0.15) is 13.2 Å². The van der Waals surface area contributed by atoms with Crippen molar-refractivity contribution in [3.63, 3.8) is 0 Å². The first-order chi connectivity index (χ1) is 13.6. The first-order valence-corrected chi connectivity index (χ1v) is 8.82. The second-order valence-corrected chi connectivity index (χ2v) is 6.66. The van der Waals surface area contributed by atoms with Crippen molar-refractivity contribution in [1.82, 2.24) is 19.9 Å². The number of halogens is 4. The first-order valence-electron chi connectivity index (χ1n) is 8.45. The van der Waals surface area contributed by atoms with Gasteiger partial charge in [0, 0.05) is 31.6 Å². The Balaban J connectivity index is 1.90. The lowest BCUT2D eigenvalue weighted by Gasteiger charge is -2.37. The molecular weight excluding hydrogens is 411 g/mol. The number of rotatable bonds is 3. The third-order valence-electron chi connectivity index (χ3n) is 4.59. The Bertz CT molecular complexity index is 952. The van der Waals surface area contributed by atoms with Gasteiger partial charge in [-0.15, -0.1) is 0 Å². The van der Waals surface area contributed by atoms with Crippen LogP contribution in [0.1, 0.15) is 29.4 Å². The number of hydrogen-bond acceptors (Lipinski definition) is 7. The zero-order valence-electron chi connectivity index (χ0n) is 15.2. The summed E-state index contributed by atoms with van der Waals surface area (Å²) in [6, 6.07) is 0.0690. The minimum Gasteiger partial charge on any atom is -0.399 e. The molecule has 1 atom stereocenters. The molecule has 0 saturated carbocycles. The van der Waals surface area contributed by atoms with E-state index in [-0.39, 0.29) is 18.7 Å². The fourth-order valence-electron chi connectivity index (χ4n) is 3.01. The number of carbonyl (C=O) groups is 1. The molecular formula is C17H17ClF3N7O. The van der Waals surface area contributed by atoms with Crippen LogP contribution < -0.4 is 16.6 Å². The minimum atomic E-state index is -4.70. The molecule has 1 aliphatic rings. The summed E-state index contributed by atoms with van der Waals surface area (Å²) >= 11 is 5.83. The maximum Gasteiger partial charge on any atom is 0.417 e. The molecule has 1 aliphatic heterocycles. The Morgan fingerprint density at radius 3 is 2.66 bits per heavy atom. The van der Waals surface area contributed by atoms with Gasteiger partial charge in [0.25, 0.3) is 5.91 Å². The largest absolute Gasteiger partial charge is 0.417 e. The molecule has 0 aromatic carbocycles. The fraction of sp³-hybridized carbons (Fsp3) is 0.294. The lowest BCUT2D eigenvalue weighted by Crippen LogP contribution is -2.49. The summed E-state index contributed by atoms with van der Waals surface area (Å²) in [6.07, 6.45) is 0.864. The molecule has 8 nitrogen and oxygen atoms in total. The van der Waals surface area contributed by atoms with Crippen LogP contribution in [0.3, 0.4) is 0 Å². The predicted molar refractivity (Wildman–Crippen MR) is 99.3 cm³/mol. The second kappa shape index (κ2) is 7.84. The van der Waals surface area contributed by atoms with E-state index in [1.54, 1.807) is 6.92 Å². The fourth-order valence-corrected chi connectivity index (χ4v) is 3.31. The van der Waals surface area contributed by atoms with Crippen LogP contribution in [-0.4, -0.2) is 38.3 Å². The maximum absolute atomic E-state index is 13.1. The summed E-state index contributed by atoms with van der Waals surface area (Å²) in [5.74, 6) is 5.69. The molecule has 0 aliphatic carbocycles. The van der Waals surface area contributed by atoms with E-state index in [2.05, 4.69) is 15.0 Å². The summed E-state index contributed by atoms with van der Waals surface area (Å²) in [7, 11) is 0. The Kier molecular flexibility index (Phi) is 5.62. The van der Waals surface area contributed by atoms with E-state index in [4.69, 9.17) is 23.2 Å². The van der Waals surface area contributed by atoms with Crippen molar-refractivity contribution in [2.24, 2.45) is 11.6 Å². The maximum atomic E-state index is 13.1. The molecule has 154 valence electrons. The molecule has 4 N–H and O–H groups in total. The van der Waals surface area contributed by atoms with Gasteiger partial charge >= 0.3 is 6.18 Å². The van der Waals surface area contributed by atoms with Crippen LogP contribution in [0.4, 0.5) is 19.0 Å². The molecule has 0 fully saturated rings. The normalized spacial score (nSPS) is 17.4. The number of nitrogens with two attached hydrogens (primary N) is 2. The van der Waals surface area contributed by atoms with Crippen molar-refractivity contribution in [1.29, 1.82) is 0 Å². The van der Waals surface area contributed by atoms with E-state index < -0.39 is 34.4 Å². The van der Waals surface area contributed by atoms with Crippen LogP contribution in [0, 0.1) is 0 Å². The zero-order chi connectivity index (χ0) is 21.3. The molecule has 3 rings (SSSR count). The van der Waals surface area contributed by atoms with Gasteiger partial charge in [-0.05, 0) is 13.0 Å². The van der Waals surface area contributed by atoms with Gasteiger partial charge in [-0.1, -0.05) is 11.6 Å². The minimum absolute atomic E-state index is 0.151. The second-order valence-electron chi connectivity index (χ2n) is 6.28. The first kappa shape index (κ1) is 20.8. The van der Waals surface area contributed by atoms with Gasteiger partial charge in [0.2, 0.25) is 0 Å². The van der Waals surface area contributed by atoms with Crippen molar-refractivity contribution in [2.75, 3.05) is 11.6 Å². The van der Waals surface area contributed by atoms with Gasteiger partial charge in [0.15, 0.2) is 5.82 Å². The lowest BCUT2D eigenvalue weighted by molar-refractivity contribution is -0.137. The van der Waals surface area contributed by atoms with E-state index in [0.717, 1.165) is 12.3 Å². The monoisotopic (exact) mass is 427 g/mol. The Hall–Kier alpha value is -2.92. The van der Waals surface area contributed by atoms with Crippen molar-refractivity contribution in [2.45, 2.75) is 25.6 Å². The molecule has 12 heteroatoms. The summed E-state index contributed by atoms with van der Waals surface area (Å²) in [5, 5.41) is 0.529. The van der Waals surface area contributed by atoms with Gasteiger partial charge in [-0.25, -0.2) is 15.8 Å². The number of anilines is 1. The van der Waals surface area contributed by atoms with Crippen LogP contribution in [-0.2, 0) is 6.18 Å². The highest BCUT2D eigenvalue weighted by molar-refractivity contribution is 6.34. The van der Waals surface area contributed by atoms with Crippen molar-refractivity contribution in [3.8, 4) is 0 Å². The topological polar surface area (TPSA) is 114 Å². The third-order valence-corrected chi connectivity index (χ3v) is 4.97. The van der Waals surface area contributed by atoms with Crippen molar-refractivity contribution in [3.05, 3.63) is 58.5 Å². The van der Waals surface area contributed by atoms with Crippen LogP contribution in [0.15, 0.2) is 42.2 Å². The zero-order valence-corrected chi connectivity index (χ0v) is 15.9. The van der Waals surface area contributed by atoms with Gasteiger partial charge in [0.05, 0.1) is 34.2 Å². The molecule has 29 heavy (non-hydrogen) atoms. The standard InChI is InChI=1S/C17H17ClF3N7O/c1-9-14(22)11(28(23)12-8-24-5-6-25-12)3-7-27(9)16(29)15-13(18)10(2-4-26-15)17(19,20)21/h2,4-6,8-9H,3,7,22-23H2,1H3/t9-/m1/s1. The van der Waals surface area contributed by atoms with Gasteiger partial charge in [-0.3, -0.25) is 14.8 Å². The Morgan fingerprint density at radius 1 is 1.31 bits per heavy atom. The van der Waals surface area contributed by atoms with E-state index >= 15 is 0 Å². The number of hydrazine groups is 1. The predicted octanol–water partition coefficient (Wildman–Crippen LogP) is 2.33. The van der Waals surface area contributed by atoms with Crippen LogP contribution in [0.5, 0.6) is 0 Å². The molecule has 2 aromatic heterocycles. The summed E-state index contributed by atoms with van der Waals surface area (Å²) in [5.41, 5.74) is 5.39. The van der Waals surface area contributed by atoms with E-state index in [0.29, 0.717) is 11.5 Å². The lowest BCUT2D eigenvalue weighted by atomic mass is 10.0. The highest BCUT2D eigenvalue weighted by Gasteiger charge is 2.37. The molecule has 1 amide bonds. The number of carbonyl (C=O) groups excluding carboxylic acids is 1. The van der Waals surface area contributed by atoms with E-state index in [1.807, 2.05) is 0 Å². The molecule has 0 spiro atoms. The highest BCUT2D eigenvalue weighted by Crippen LogP contribution is 2.36. The number of nitrogens with zero attached hydrogens (tertiary/aromatic N) is 5. The Morgan fingerprint density at radius 2 is 2.03 bits per heavy atom. The average Bonchev–Trinajstić information content (AvgIpc) is 2.69. The molecule has 3 heterocycles. The molecule has 2 aromatic rings. The molecule has 0 unspecified atom stereocenters. The van der Waals surface area contributed by atoms with E-state index in [9.17, 15) is 18.0 Å². The quantitative estimate of drug-likeness (QED) is 0.570. The number of aromatic nitrogens is 3. The number of alkyl halides is 3. The van der Waals surface area contributed by atoms with Crippen LogP contribution >= 0.6 is 11.6 Å². The smallest absolute Gasteiger partial charge is 0.399 e. The Labute approximate surface area is 169 Å². The summed E-state index contributed by atoms with van der Waals surface area (Å²) in [4.78, 5) is 26.0. The van der Waals surface area contributed by atoms with Gasteiger partial charge in [0.1, 0.15) is 5.69 Å². The molecule has 0 bridgehead atoms. The van der Waals surface area contributed by atoms with E-state index in [1.165, 1.54) is 28.5 Å².